The van der Waals surface area contributed by atoms with Crippen molar-refractivity contribution in [3.8, 4) is 0 Å². The molecule has 2 heterocycles. The molecule has 1 aliphatic rings. The summed E-state index contributed by atoms with van der Waals surface area (Å²) in [5, 5.41) is 23.9. The second-order valence-corrected chi connectivity index (χ2v) is 8.88. The quantitative estimate of drug-likeness (QED) is 0.291. The van der Waals surface area contributed by atoms with E-state index < -0.39 is 17.8 Å². The molecule has 3 N–H and O–H groups in total. The van der Waals surface area contributed by atoms with E-state index in [-0.39, 0.29) is 11.9 Å². The first kappa shape index (κ1) is 25.5. The van der Waals surface area contributed by atoms with Crippen molar-refractivity contribution in [3.63, 3.8) is 0 Å². The first-order chi connectivity index (χ1) is 17.2. The smallest absolute Gasteiger partial charge is 0.411 e. The van der Waals surface area contributed by atoms with Gasteiger partial charge in [-0.3, -0.25) is 4.79 Å². The normalized spacial score (nSPS) is 17.1. The maximum atomic E-state index is 13.4. The molecule has 1 unspecified atom stereocenters. The number of hydrogen-bond donors (Lipinski definition) is 3. The number of nitrogens with zero attached hydrogens (tertiary/aromatic N) is 4. The molecule has 2 aromatic heterocycles. The Morgan fingerprint density at radius 3 is 2.47 bits per heavy atom. The minimum absolute atomic E-state index is 0.0644. The van der Waals surface area contributed by atoms with E-state index >= 15 is 0 Å². The van der Waals surface area contributed by atoms with E-state index in [4.69, 9.17) is 5.21 Å². The zero-order valence-corrected chi connectivity index (χ0v) is 20.1. The number of aromatic nitrogens is 3. The Morgan fingerprint density at radius 1 is 1.19 bits per heavy atom. The predicted octanol–water partition coefficient (Wildman–Crippen LogP) is 5.54. The Bertz CT molecular complexity index is 1240. The van der Waals surface area contributed by atoms with Crippen LogP contribution in [0.3, 0.4) is 0 Å². The van der Waals surface area contributed by atoms with Gasteiger partial charge in [-0.15, -0.1) is 0 Å². The van der Waals surface area contributed by atoms with Gasteiger partial charge in [0.15, 0.2) is 5.65 Å². The number of alkyl halides is 3. The van der Waals surface area contributed by atoms with E-state index in [0.717, 1.165) is 30.7 Å². The van der Waals surface area contributed by atoms with Gasteiger partial charge in [-0.1, -0.05) is 24.2 Å². The highest BCUT2D eigenvalue weighted by Crippen LogP contribution is 2.32. The molecule has 0 bridgehead atoms. The van der Waals surface area contributed by atoms with Gasteiger partial charge in [0.25, 0.3) is 5.91 Å². The number of nitrogens with one attached hydrogen (secondary N) is 2. The third-order valence-electron chi connectivity index (χ3n) is 6.62. The molecular formula is C25H29F3N6O2. The molecule has 3 aromatic rings. The fraction of sp³-hybridized carbons (Fsp3) is 0.440. The van der Waals surface area contributed by atoms with Crippen molar-refractivity contribution >= 4 is 28.3 Å². The van der Waals surface area contributed by atoms with Gasteiger partial charge < -0.3 is 15.8 Å². The molecule has 0 aliphatic heterocycles. The Morgan fingerprint density at radius 2 is 1.89 bits per heavy atom. The van der Waals surface area contributed by atoms with Crippen molar-refractivity contribution < 1.29 is 23.2 Å². The molecule has 0 saturated heterocycles. The van der Waals surface area contributed by atoms with Crippen molar-refractivity contribution in [2.75, 3.05) is 5.32 Å². The molecule has 192 valence electrons. The number of carbonyl (C=O) groups is 1. The number of hydrogen-bond acceptors (Lipinski definition) is 6. The van der Waals surface area contributed by atoms with Crippen molar-refractivity contribution in [1.82, 2.24) is 20.1 Å². The van der Waals surface area contributed by atoms with Gasteiger partial charge >= 0.3 is 6.18 Å². The van der Waals surface area contributed by atoms with Crippen molar-refractivity contribution in [1.29, 1.82) is 0 Å². The van der Waals surface area contributed by atoms with Gasteiger partial charge in [-0.25, -0.2) is 9.67 Å². The largest absolute Gasteiger partial charge is 0.416 e. The number of fused-ring (bicyclic) bond motifs is 1. The Balaban J connectivity index is 1.62. The summed E-state index contributed by atoms with van der Waals surface area (Å²) < 4.78 is 40.6. The van der Waals surface area contributed by atoms with E-state index in [2.05, 4.69) is 25.9 Å². The number of anilines is 1. The summed E-state index contributed by atoms with van der Waals surface area (Å²) in [7, 11) is 0. The highest BCUT2D eigenvalue weighted by Gasteiger charge is 2.30. The summed E-state index contributed by atoms with van der Waals surface area (Å²) in [5.41, 5.74) is 2.22. The van der Waals surface area contributed by atoms with Gasteiger partial charge in [0.1, 0.15) is 0 Å². The molecule has 36 heavy (non-hydrogen) atoms. The summed E-state index contributed by atoms with van der Waals surface area (Å²) >= 11 is 0. The number of benzene rings is 1. The summed E-state index contributed by atoms with van der Waals surface area (Å²) in [6.07, 6.45) is 2.07. The highest BCUT2D eigenvalue weighted by atomic mass is 19.4. The fourth-order valence-electron chi connectivity index (χ4n) is 4.55. The number of amides is 1. The zero-order valence-electron chi connectivity index (χ0n) is 20.1. The van der Waals surface area contributed by atoms with Crippen LogP contribution in [0, 0.1) is 0 Å². The van der Waals surface area contributed by atoms with Gasteiger partial charge in [-0.05, 0) is 56.7 Å². The Labute approximate surface area is 206 Å². The molecule has 1 aliphatic carbocycles. The van der Waals surface area contributed by atoms with Gasteiger partial charge in [0.2, 0.25) is 0 Å². The molecule has 1 saturated carbocycles. The molecule has 1 atom stereocenters. The fourth-order valence-corrected chi connectivity index (χ4v) is 4.55. The molecule has 1 aromatic carbocycles. The standard InChI is InChI=1S/C25H29F3N6O2/c1-3-21(15-5-7-16(8-6-15)25(26,27)28)32-24(35)20-13-29-23-19(14-30-34(23)4-2)22(20)31-17-9-11-18(33-36)12-10-17/h5-8,13-14,17,21,36H,3-4,9-12H2,1-2H3,(H,29,31)(H,32,35). The van der Waals surface area contributed by atoms with Crippen LogP contribution in [0.15, 0.2) is 41.8 Å². The topological polar surface area (TPSA) is 104 Å². The predicted molar refractivity (Wildman–Crippen MR) is 130 cm³/mol. The zero-order chi connectivity index (χ0) is 25.9. The lowest BCUT2D eigenvalue weighted by molar-refractivity contribution is -0.137. The summed E-state index contributed by atoms with van der Waals surface area (Å²) in [6.45, 7) is 4.43. The summed E-state index contributed by atoms with van der Waals surface area (Å²) in [6, 6.07) is 4.43. The minimum atomic E-state index is -4.42. The first-order valence-corrected chi connectivity index (χ1v) is 12.0. The van der Waals surface area contributed by atoms with E-state index in [1.165, 1.54) is 18.3 Å². The average molecular weight is 503 g/mol. The maximum Gasteiger partial charge on any atom is 0.416 e. The van der Waals surface area contributed by atoms with Crippen LogP contribution in [0.1, 0.15) is 73.5 Å². The third kappa shape index (κ3) is 5.29. The van der Waals surface area contributed by atoms with Crippen LogP contribution in [-0.2, 0) is 12.7 Å². The number of oxime groups is 1. The first-order valence-electron chi connectivity index (χ1n) is 12.0. The molecule has 8 nitrogen and oxygen atoms in total. The van der Waals surface area contributed by atoms with Crippen LogP contribution in [-0.4, -0.2) is 37.6 Å². The third-order valence-corrected chi connectivity index (χ3v) is 6.62. The molecule has 1 amide bonds. The lowest BCUT2D eigenvalue weighted by atomic mass is 9.93. The van der Waals surface area contributed by atoms with Gasteiger partial charge in [0.05, 0.1) is 40.2 Å². The van der Waals surface area contributed by atoms with Crippen LogP contribution in [0.2, 0.25) is 0 Å². The van der Waals surface area contributed by atoms with E-state index in [0.29, 0.717) is 53.7 Å². The molecular weight excluding hydrogens is 473 g/mol. The molecule has 0 radical (unpaired) electrons. The number of carbonyl (C=O) groups excluding carboxylic acids is 1. The minimum Gasteiger partial charge on any atom is -0.411 e. The summed E-state index contributed by atoms with van der Waals surface area (Å²) in [5.74, 6) is -0.378. The lowest BCUT2D eigenvalue weighted by Crippen LogP contribution is -2.31. The average Bonchev–Trinajstić information content (AvgIpc) is 3.31. The summed E-state index contributed by atoms with van der Waals surface area (Å²) in [4.78, 5) is 17.9. The number of halogens is 3. The van der Waals surface area contributed by atoms with Gasteiger partial charge in [-0.2, -0.15) is 18.3 Å². The van der Waals surface area contributed by atoms with Crippen LogP contribution >= 0.6 is 0 Å². The van der Waals surface area contributed by atoms with Crippen molar-refractivity contribution in [2.45, 2.75) is 70.8 Å². The Kier molecular flexibility index (Phi) is 7.46. The van der Waals surface area contributed by atoms with E-state index in [1.807, 2.05) is 13.8 Å². The molecule has 4 rings (SSSR count). The van der Waals surface area contributed by atoms with Crippen LogP contribution in [0.25, 0.3) is 11.0 Å². The second-order valence-electron chi connectivity index (χ2n) is 8.88. The molecule has 1 fully saturated rings. The number of aryl methyl sites for hydroxylation is 1. The SMILES string of the molecule is CCC(NC(=O)c1cnc2c(cnn2CC)c1NC1CCC(=NO)CC1)c1ccc(C(F)(F)F)cc1. The van der Waals surface area contributed by atoms with E-state index in [1.54, 1.807) is 10.9 Å². The number of pyridine rings is 1. The number of rotatable bonds is 7. The lowest BCUT2D eigenvalue weighted by Gasteiger charge is -2.26. The Hall–Kier alpha value is -3.63. The van der Waals surface area contributed by atoms with Crippen LogP contribution < -0.4 is 10.6 Å². The monoisotopic (exact) mass is 502 g/mol. The molecule has 11 heteroatoms. The van der Waals surface area contributed by atoms with Crippen LogP contribution in [0.4, 0.5) is 18.9 Å². The van der Waals surface area contributed by atoms with Gasteiger partial charge in [0, 0.05) is 18.8 Å². The van der Waals surface area contributed by atoms with Crippen LogP contribution in [0.5, 0.6) is 0 Å². The van der Waals surface area contributed by atoms with Crippen molar-refractivity contribution in [2.24, 2.45) is 5.16 Å². The maximum absolute atomic E-state index is 13.4. The van der Waals surface area contributed by atoms with E-state index in [9.17, 15) is 18.0 Å². The highest BCUT2D eigenvalue weighted by molar-refractivity contribution is 6.06. The molecule has 0 spiro atoms. The second kappa shape index (κ2) is 10.5. The van der Waals surface area contributed by atoms with Crippen molar-refractivity contribution in [3.05, 3.63) is 53.3 Å².